The zero-order valence-corrected chi connectivity index (χ0v) is 17.3. The molecule has 0 radical (unpaired) electrons. The average Bonchev–Trinajstić information content (AvgIpc) is 3.34. The molecule has 2 N–H and O–H groups in total. The smallest absolute Gasteiger partial charge is 0.250 e. The van der Waals surface area contributed by atoms with E-state index >= 15 is 0 Å². The number of nitrogens with one attached hydrogen (secondary N) is 2. The summed E-state index contributed by atoms with van der Waals surface area (Å²) < 4.78 is 0. The molecular weight excluding hydrogens is 390 g/mol. The number of hydrogen-bond donors (Lipinski definition) is 2. The Morgan fingerprint density at radius 2 is 1.93 bits per heavy atom. The number of carbonyl (C=O) groups excluding carboxylic acids is 2. The van der Waals surface area contributed by atoms with Crippen LogP contribution in [-0.2, 0) is 22.6 Å². The van der Waals surface area contributed by atoms with Gasteiger partial charge < -0.3 is 5.32 Å². The average molecular weight is 412 g/mol. The monoisotopic (exact) mass is 411 g/mol. The van der Waals surface area contributed by atoms with Crippen LogP contribution in [0.2, 0.25) is 0 Å². The second kappa shape index (κ2) is 9.43. The van der Waals surface area contributed by atoms with Crippen LogP contribution in [0.1, 0.15) is 29.9 Å². The molecule has 3 aromatic rings. The Hall–Kier alpha value is -2.77. The molecule has 3 rings (SSSR count). The van der Waals surface area contributed by atoms with E-state index in [1.807, 2.05) is 29.6 Å². The Labute approximate surface area is 172 Å². The molecule has 7 heteroatoms. The lowest BCUT2D eigenvalue weighted by Crippen LogP contribution is -2.17. The number of hydrogen-bond acceptors (Lipinski definition) is 5. The normalized spacial score (nSPS) is 10.9. The molecule has 28 heavy (non-hydrogen) atoms. The van der Waals surface area contributed by atoms with Gasteiger partial charge in [0, 0.05) is 23.3 Å². The fourth-order valence-corrected chi connectivity index (χ4v) is 4.15. The number of aryl methyl sites for hydroxylation is 1. The van der Waals surface area contributed by atoms with Crippen LogP contribution in [0.25, 0.3) is 16.6 Å². The van der Waals surface area contributed by atoms with Gasteiger partial charge in [0.2, 0.25) is 11.8 Å². The predicted molar refractivity (Wildman–Crippen MR) is 116 cm³/mol. The fourth-order valence-electron chi connectivity index (χ4n) is 2.45. The number of rotatable bonds is 7. The molecule has 0 atom stereocenters. The Kier molecular flexibility index (Phi) is 6.73. The predicted octanol–water partition coefficient (Wildman–Crippen LogP) is 4.72. The molecule has 0 saturated heterocycles. The molecule has 2 aromatic heterocycles. The summed E-state index contributed by atoms with van der Waals surface area (Å²) in [6.07, 6.45) is 4.30. The van der Waals surface area contributed by atoms with Crippen LogP contribution < -0.4 is 10.6 Å². The van der Waals surface area contributed by atoms with Gasteiger partial charge in [-0.3, -0.25) is 14.9 Å². The van der Waals surface area contributed by atoms with E-state index in [2.05, 4.69) is 34.7 Å². The quantitative estimate of drug-likeness (QED) is 0.553. The number of amides is 2. The second-order valence-corrected chi connectivity index (χ2v) is 8.16. The minimum absolute atomic E-state index is 0.0528. The number of nitrogens with zero attached hydrogens (tertiary/aromatic N) is 1. The SMILES string of the molecule is CCc1ccc(/C=C/C(=O)Nc2nc(-c3ccc(CNC(C)=O)s3)cs2)cc1. The van der Waals surface area contributed by atoms with Gasteiger partial charge in [-0.25, -0.2) is 4.98 Å². The van der Waals surface area contributed by atoms with Crippen molar-refractivity contribution in [2.24, 2.45) is 0 Å². The van der Waals surface area contributed by atoms with Crippen LogP contribution in [0.3, 0.4) is 0 Å². The molecule has 0 spiro atoms. The first-order chi connectivity index (χ1) is 13.5. The van der Waals surface area contributed by atoms with Gasteiger partial charge in [0.25, 0.3) is 0 Å². The first-order valence-electron chi connectivity index (χ1n) is 8.90. The molecular formula is C21H21N3O2S2. The third-order valence-corrected chi connectivity index (χ3v) is 5.84. The first kappa shape index (κ1) is 20.0. The zero-order chi connectivity index (χ0) is 19.9. The summed E-state index contributed by atoms with van der Waals surface area (Å²) in [5.74, 6) is -0.263. The minimum Gasteiger partial charge on any atom is -0.351 e. The van der Waals surface area contributed by atoms with Crippen molar-refractivity contribution in [1.29, 1.82) is 0 Å². The van der Waals surface area contributed by atoms with Crippen molar-refractivity contribution in [3.63, 3.8) is 0 Å². The Bertz CT molecular complexity index is 987. The summed E-state index contributed by atoms with van der Waals surface area (Å²) in [6, 6.07) is 12.1. The number of aromatic nitrogens is 1. The standard InChI is InChI=1S/C21H21N3O2S2/c1-3-15-4-6-16(7-5-15)8-11-20(26)24-21-23-18(13-27-21)19-10-9-17(28-19)12-22-14(2)25/h4-11,13H,3,12H2,1-2H3,(H,22,25)(H,23,24,26)/b11-8+. The molecule has 144 valence electrons. The van der Waals surface area contributed by atoms with E-state index in [0.29, 0.717) is 11.7 Å². The fraction of sp³-hybridized carbons (Fsp3) is 0.190. The lowest BCUT2D eigenvalue weighted by molar-refractivity contribution is -0.119. The van der Waals surface area contributed by atoms with Gasteiger partial charge in [0.1, 0.15) is 0 Å². The van der Waals surface area contributed by atoms with Crippen molar-refractivity contribution in [2.45, 2.75) is 26.8 Å². The molecule has 5 nitrogen and oxygen atoms in total. The number of thiophene rings is 1. The number of benzene rings is 1. The maximum absolute atomic E-state index is 12.1. The van der Waals surface area contributed by atoms with Crippen LogP contribution in [-0.4, -0.2) is 16.8 Å². The first-order valence-corrected chi connectivity index (χ1v) is 10.6. The van der Waals surface area contributed by atoms with Crippen molar-refractivity contribution in [1.82, 2.24) is 10.3 Å². The maximum atomic E-state index is 12.1. The van der Waals surface area contributed by atoms with Crippen LogP contribution >= 0.6 is 22.7 Å². The van der Waals surface area contributed by atoms with Gasteiger partial charge >= 0.3 is 0 Å². The van der Waals surface area contributed by atoms with Crippen molar-refractivity contribution in [3.05, 3.63) is 63.9 Å². The van der Waals surface area contributed by atoms with Crippen molar-refractivity contribution in [2.75, 3.05) is 5.32 Å². The van der Waals surface area contributed by atoms with E-state index in [4.69, 9.17) is 0 Å². The second-order valence-electron chi connectivity index (χ2n) is 6.13. The van der Waals surface area contributed by atoms with E-state index in [1.165, 1.54) is 29.9 Å². The summed E-state index contributed by atoms with van der Waals surface area (Å²) >= 11 is 2.96. The highest BCUT2D eigenvalue weighted by Gasteiger charge is 2.09. The molecule has 0 fully saturated rings. The molecule has 0 bridgehead atoms. The van der Waals surface area contributed by atoms with Crippen molar-refractivity contribution >= 4 is 45.7 Å². The van der Waals surface area contributed by atoms with E-state index in [1.54, 1.807) is 17.4 Å². The largest absolute Gasteiger partial charge is 0.351 e. The summed E-state index contributed by atoms with van der Waals surface area (Å²) in [7, 11) is 0. The van der Waals surface area contributed by atoms with Crippen LogP contribution in [0.15, 0.2) is 47.9 Å². The molecule has 0 unspecified atom stereocenters. The number of anilines is 1. The lowest BCUT2D eigenvalue weighted by atomic mass is 10.1. The highest BCUT2D eigenvalue weighted by Crippen LogP contribution is 2.30. The van der Waals surface area contributed by atoms with Crippen LogP contribution in [0, 0.1) is 0 Å². The van der Waals surface area contributed by atoms with Gasteiger partial charge in [-0.15, -0.1) is 22.7 Å². The van der Waals surface area contributed by atoms with E-state index in [9.17, 15) is 9.59 Å². The molecule has 1 aromatic carbocycles. The lowest BCUT2D eigenvalue weighted by Gasteiger charge is -1.98. The summed E-state index contributed by atoms with van der Waals surface area (Å²) in [4.78, 5) is 29.7. The van der Waals surface area contributed by atoms with Gasteiger partial charge in [0.05, 0.1) is 17.1 Å². The molecule has 0 saturated carbocycles. The topological polar surface area (TPSA) is 71.1 Å². The minimum atomic E-state index is -0.210. The van der Waals surface area contributed by atoms with Crippen LogP contribution in [0.4, 0.5) is 5.13 Å². The summed E-state index contributed by atoms with van der Waals surface area (Å²) in [5, 5.41) is 8.05. The Morgan fingerprint density at radius 3 is 2.64 bits per heavy atom. The van der Waals surface area contributed by atoms with Gasteiger partial charge in [-0.05, 0) is 35.8 Å². The third kappa shape index (κ3) is 5.61. The third-order valence-electron chi connectivity index (χ3n) is 3.98. The molecule has 0 aliphatic rings. The van der Waals surface area contributed by atoms with Gasteiger partial charge in [0.15, 0.2) is 5.13 Å². The highest BCUT2D eigenvalue weighted by molar-refractivity contribution is 7.17. The van der Waals surface area contributed by atoms with Crippen LogP contribution in [0.5, 0.6) is 0 Å². The number of carbonyl (C=O) groups is 2. The van der Waals surface area contributed by atoms with Crippen molar-refractivity contribution in [3.8, 4) is 10.6 Å². The molecule has 2 amide bonds. The van der Waals surface area contributed by atoms with Crippen molar-refractivity contribution < 1.29 is 9.59 Å². The number of thiazole rings is 1. The maximum Gasteiger partial charge on any atom is 0.250 e. The molecule has 0 aliphatic carbocycles. The van der Waals surface area contributed by atoms with Gasteiger partial charge in [-0.1, -0.05) is 31.2 Å². The zero-order valence-electron chi connectivity index (χ0n) is 15.7. The Balaban J connectivity index is 1.58. The highest BCUT2D eigenvalue weighted by atomic mass is 32.1. The van der Waals surface area contributed by atoms with E-state index in [0.717, 1.165) is 27.4 Å². The molecule has 2 heterocycles. The summed E-state index contributed by atoms with van der Waals surface area (Å²) in [6.45, 7) is 4.12. The van der Waals surface area contributed by atoms with E-state index in [-0.39, 0.29) is 11.8 Å². The molecule has 0 aliphatic heterocycles. The summed E-state index contributed by atoms with van der Waals surface area (Å²) in [5.41, 5.74) is 3.07. The van der Waals surface area contributed by atoms with E-state index < -0.39 is 0 Å². The van der Waals surface area contributed by atoms with Gasteiger partial charge in [-0.2, -0.15) is 0 Å². The Morgan fingerprint density at radius 1 is 1.14 bits per heavy atom.